The monoisotopic (exact) mass is 277 g/mol. The Bertz CT molecular complexity index is 443. The number of hydrogen-bond acceptors (Lipinski definition) is 3. The van der Waals surface area contributed by atoms with E-state index in [9.17, 15) is 0 Å². The average molecular weight is 277 g/mol. The molecule has 1 heterocycles. The molecule has 112 valence electrons. The Labute approximate surface area is 122 Å². The minimum Gasteiger partial charge on any atom is -0.493 e. The molecule has 1 N–H and O–H groups in total. The van der Waals surface area contributed by atoms with Crippen LogP contribution in [0.5, 0.6) is 5.75 Å². The van der Waals surface area contributed by atoms with Crippen LogP contribution in [0.4, 0.5) is 0 Å². The van der Waals surface area contributed by atoms with Gasteiger partial charge in [0, 0.05) is 12.2 Å². The summed E-state index contributed by atoms with van der Waals surface area (Å²) in [6.45, 7) is 10.9. The Balaban J connectivity index is 2.39. The molecule has 20 heavy (non-hydrogen) atoms. The van der Waals surface area contributed by atoms with E-state index < -0.39 is 0 Å². The van der Waals surface area contributed by atoms with Crippen LogP contribution in [0.1, 0.15) is 51.3 Å². The van der Waals surface area contributed by atoms with Crippen LogP contribution < -0.4 is 10.1 Å². The number of likely N-dealkylation sites (N-methyl/N-ethyl adjacent to an activating group) is 1. The Morgan fingerprint density at radius 3 is 2.85 bits per heavy atom. The van der Waals surface area contributed by atoms with E-state index in [2.05, 4.69) is 44.3 Å². The molecule has 1 unspecified atom stereocenters. The lowest BCUT2D eigenvalue weighted by Crippen LogP contribution is -2.42. The normalized spacial score (nSPS) is 16.4. The highest BCUT2D eigenvalue weighted by Crippen LogP contribution is 2.38. The van der Waals surface area contributed by atoms with E-state index in [0.29, 0.717) is 6.61 Å². The molecule has 3 heteroatoms. The van der Waals surface area contributed by atoms with Crippen molar-refractivity contribution in [3.8, 4) is 5.75 Å². The fourth-order valence-corrected chi connectivity index (χ4v) is 3.03. The molecule has 0 aliphatic carbocycles. The lowest BCUT2D eigenvalue weighted by atomic mass is 9.88. The van der Waals surface area contributed by atoms with Gasteiger partial charge in [-0.2, -0.15) is 0 Å². The van der Waals surface area contributed by atoms with Crippen LogP contribution in [0.15, 0.2) is 18.2 Å². The van der Waals surface area contributed by atoms with E-state index in [-0.39, 0.29) is 11.6 Å². The molecule has 0 amide bonds. The molecule has 2 rings (SSSR count). The van der Waals surface area contributed by atoms with Gasteiger partial charge in [0.15, 0.2) is 0 Å². The fraction of sp³-hybridized carbons (Fsp3) is 0.647. The van der Waals surface area contributed by atoms with Crippen molar-refractivity contribution in [2.24, 2.45) is 0 Å². The molecule has 0 saturated heterocycles. The van der Waals surface area contributed by atoms with Gasteiger partial charge in [0.1, 0.15) is 5.75 Å². The Kier molecular flexibility index (Phi) is 5.06. The Morgan fingerprint density at radius 2 is 2.15 bits per heavy atom. The van der Waals surface area contributed by atoms with Crippen molar-refractivity contribution in [1.82, 2.24) is 5.32 Å². The van der Waals surface area contributed by atoms with Gasteiger partial charge in [0.05, 0.1) is 18.2 Å². The van der Waals surface area contributed by atoms with Crippen molar-refractivity contribution in [3.05, 3.63) is 29.3 Å². The first-order valence-electron chi connectivity index (χ1n) is 7.72. The second-order valence-electron chi connectivity index (χ2n) is 5.81. The van der Waals surface area contributed by atoms with Crippen molar-refractivity contribution in [2.45, 2.75) is 52.2 Å². The molecular weight excluding hydrogens is 250 g/mol. The summed E-state index contributed by atoms with van der Waals surface area (Å²) in [5.74, 6) is 1.07. The maximum atomic E-state index is 5.97. The summed E-state index contributed by atoms with van der Waals surface area (Å²) in [6.07, 6.45) is 2.22. The van der Waals surface area contributed by atoms with Gasteiger partial charge in [-0.1, -0.05) is 25.1 Å². The van der Waals surface area contributed by atoms with E-state index >= 15 is 0 Å². The first-order chi connectivity index (χ1) is 9.60. The van der Waals surface area contributed by atoms with Crippen LogP contribution >= 0.6 is 0 Å². The molecule has 0 aromatic heterocycles. The highest BCUT2D eigenvalue weighted by atomic mass is 16.5. The molecule has 0 fully saturated rings. The van der Waals surface area contributed by atoms with Crippen LogP contribution in [-0.4, -0.2) is 25.4 Å². The van der Waals surface area contributed by atoms with E-state index in [4.69, 9.17) is 9.47 Å². The maximum absolute atomic E-state index is 5.97. The number of benzene rings is 1. The van der Waals surface area contributed by atoms with E-state index in [0.717, 1.165) is 31.7 Å². The Morgan fingerprint density at radius 1 is 1.35 bits per heavy atom. The van der Waals surface area contributed by atoms with Crippen molar-refractivity contribution < 1.29 is 9.47 Å². The zero-order valence-electron chi connectivity index (χ0n) is 13.2. The third-order valence-electron chi connectivity index (χ3n) is 3.89. The number of ether oxygens (including phenoxy) is 2. The quantitative estimate of drug-likeness (QED) is 0.863. The van der Waals surface area contributed by atoms with E-state index in [1.165, 1.54) is 11.1 Å². The van der Waals surface area contributed by atoms with Crippen molar-refractivity contribution in [2.75, 3.05) is 19.8 Å². The molecule has 1 aromatic rings. The SMILES string of the molecule is CCNC(c1cccc2c1OCCC2)C(C)(C)OCC. The van der Waals surface area contributed by atoms with Gasteiger partial charge in [0.2, 0.25) is 0 Å². The zero-order valence-corrected chi connectivity index (χ0v) is 13.2. The van der Waals surface area contributed by atoms with Gasteiger partial charge in [-0.05, 0) is 45.7 Å². The predicted octanol–water partition coefficient (Wildman–Crippen LogP) is 3.48. The summed E-state index contributed by atoms with van der Waals surface area (Å²) in [7, 11) is 0. The van der Waals surface area contributed by atoms with Crippen molar-refractivity contribution in [3.63, 3.8) is 0 Å². The standard InChI is InChI=1S/C17H27NO2/c1-5-18-16(17(3,4)20-6-2)14-11-7-9-13-10-8-12-19-15(13)14/h7,9,11,16,18H,5-6,8,10,12H2,1-4H3. The van der Waals surface area contributed by atoms with Crippen molar-refractivity contribution >= 4 is 0 Å². The van der Waals surface area contributed by atoms with E-state index in [1.54, 1.807) is 0 Å². The number of rotatable bonds is 6. The molecule has 1 aliphatic heterocycles. The highest BCUT2D eigenvalue weighted by Gasteiger charge is 2.33. The molecule has 0 spiro atoms. The summed E-state index contributed by atoms with van der Waals surface area (Å²) in [5, 5.41) is 3.57. The first kappa shape index (κ1) is 15.3. The Hall–Kier alpha value is -1.06. The fourth-order valence-electron chi connectivity index (χ4n) is 3.03. The van der Waals surface area contributed by atoms with Crippen LogP contribution in [0.2, 0.25) is 0 Å². The minimum atomic E-state index is -0.263. The third kappa shape index (κ3) is 3.15. The summed E-state index contributed by atoms with van der Waals surface area (Å²) in [5.41, 5.74) is 2.28. The molecule has 0 bridgehead atoms. The molecule has 0 saturated carbocycles. The molecule has 1 aromatic carbocycles. The molecule has 3 nitrogen and oxygen atoms in total. The average Bonchev–Trinajstić information content (AvgIpc) is 2.44. The smallest absolute Gasteiger partial charge is 0.127 e. The van der Waals surface area contributed by atoms with E-state index in [1.807, 2.05) is 6.92 Å². The van der Waals surface area contributed by atoms with Gasteiger partial charge in [-0.25, -0.2) is 0 Å². The molecular formula is C17H27NO2. The number of nitrogens with one attached hydrogen (secondary N) is 1. The molecule has 1 atom stereocenters. The van der Waals surface area contributed by atoms with Gasteiger partial charge < -0.3 is 14.8 Å². The zero-order chi connectivity index (χ0) is 14.6. The van der Waals surface area contributed by atoms with Gasteiger partial charge >= 0.3 is 0 Å². The lowest BCUT2D eigenvalue weighted by molar-refractivity contribution is -0.0395. The van der Waals surface area contributed by atoms with Gasteiger partial charge in [-0.15, -0.1) is 0 Å². The number of fused-ring (bicyclic) bond motifs is 1. The minimum absolute atomic E-state index is 0.139. The number of para-hydroxylation sites is 1. The predicted molar refractivity (Wildman–Crippen MR) is 82.4 cm³/mol. The van der Waals surface area contributed by atoms with Crippen LogP contribution in [0, 0.1) is 0 Å². The highest BCUT2D eigenvalue weighted by molar-refractivity contribution is 5.45. The van der Waals surface area contributed by atoms with Crippen LogP contribution in [0.25, 0.3) is 0 Å². The second-order valence-corrected chi connectivity index (χ2v) is 5.81. The largest absolute Gasteiger partial charge is 0.493 e. The lowest BCUT2D eigenvalue weighted by Gasteiger charge is -2.36. The number of aryl methyl sites for hydroxylation is 1. The van der Waals surface area contributed by atoms with Crippen LogP contribution in [0.3, 0.4) is 0 Å². The topological polar surface area (TPSA) is 30.5 Å². The summed E-state index contributed by atoms with van der Waals surface area (Å²) < 4.78 is 11.9. The van der Waals surface area contributed by atoms with Crippen LogP contribution in [-0.2, 0) is 11.2 Å². The maximum Gasteiger partial charge on any atom is 0.127 e. The van der Waals surface area contributed by atoms with Gasteiger partial charge in [-0.3, -0.25) is 0 Å². The second kappa shape index (κ2) is 6.59. The summed E-state index contributed by atoms with van der Waals surface area (Å²) in [6, 6.07) is 6.61. The first-order valence-corrected chi connectivity index (χ1v) is 7.72. The molecule has 0 radical (unpaired) electrons. The molecule has 1 aliphatic rings. The number of hydrogen-bond donors (Lipinski definition) is 1. The summed E-state index contributed by atoms with van der Waals surface area (Å²) in [4.78, 5) is 0. The van der Waals surface area contributed by atoms with Gasteiger partial charge in [0.25, 0.3) is 0 Å². The third-order valence-corrected chi connectivity index (χ3v) is 3.89. The van der Waals surface area contributed by atoms with Crippen molar-refractivity contribution in [1.29, 1.82) is 0 Å². The summed E-state index contributed by atoms with van der Waals surface area (Å²) >= 11 is 0.